The molecule has 25 heavy (non-hydrogen) atoms. The summed E-state index contributed by atoms with van der Waals surface area (Å²) in [5, 5.41) is 11.6. The number of hydrogen-bond donors (Lipinski definition) is 0. The molecule has 3 rings (SSSR count). The van der Waals surface area contributed by atoms with E-state index in [2.05, 4.69) is 49.1 Å². The van der Waals surface area contributed by atoms with Crippen molar-refractivity contribution in [3.05, 3.63) is 57.8 Å². The number of benzene rings is 1. The molecular weight excluding hydrogens is 330 g/mol. The van der Waals surface area contributed by atoms with Crippen LogP contribution in [0.25, 0.3) is 0 Å². The van der Waals surface area contributed by atoms with Gasteiger partial charge in [-0.15, -0.1) is 11.3 Å². The van der Waals surface area contributed by atoms with Crippen molar-refractivity contribution < 1.29 is 4.79 Å². The van der Waals surface area contributed by atoms with Crippen molar-refractivity contribution in [3.8, 4) is 6.07 Å². The fraction of sp³-hybridized carbons (Fsp3) is 0.400. The zero-order valence-corrected chi connectivity index (χ0v) is 15.5. The van der Waals surface area contributed by atoms with Crippen LogP contribution in [0.1, 0.15) is 46.6 Å². The molecule has 1 saturated heterocycles. The van der Waals surface area contributed by atoms with Crippen LogP contribution in [-0.2, 0) is 0 Å². The van der Waals surface area contributed by atoms with Gasteiger partial charge in [-0.3, -0.25) is 9.69 Å². The standard InChI is InChI=1S/C20H23N3OS/c1-15(2)16-5-7-17(8-6-16)18(14-21)22-9-11-23(12-10-22)20(24)19-4-3-13-25-19/h3-8,13,15,18H,9-12H2,1-2H3. The third-order valence-corrected chi connectivity index (χ3v) is 5.60. The predicted octanol–water partition coefficient (Wildman–Crippen LogP) is 3.89. The normalized spacial score (nSPS) is 16.6. The molecule has 0 radical (unpaired) electrons. The summed E-state index contributed by atoms with van der Waals surface area (Å²) < 4.78 is 0. The molecule has 0 N–H and O–H groups in total. The highest BCUT2D eigenvalue weighted by atomic mass is 32.1. The lowest BCUT2D eigenvalue weighted by atomic mass is 9.98. The van der Waals surface area contributed by atoms with E-state index in [4.69, 9.17) is 0 Å². The maximum atomic E-state index is 12.4. The summed E-state index contributed by atoms with van der Waals surface area (Å²) in [6.07, 6.45) is 0. The van der Waals surface area contributed by atoms with Crippen LogP contribution in [0.3, 0.4) is 0 Å². The molecule has 1 unspecified atom stereocenters. The molecular formula is C20H23N3OS. The van der Waals surface area contributed by atoms with Gasteiger partial charge in [0.15, 0.2) is 0 Å². The van der Waals surface area contributed by atoms with Crippen LogP contribution < -0.4 is 0 Å². The smallest absolute Gasteiger partial charge is 0.264 e. The number of carbonyl (C=O) groups excluding carboxylic acids is 1. The number of thiophene rings is 1. The first kappa shape index (κ1) is 17.7. The lowest BCUT2D eigenvalue weighted by Crippen LogP contribution is -2.49. The molecule has 1 amide bonds. The topological polar surface area (TPSA) is 47.3 Å². The van der Waals surface area contributed by atoms with Gasteiger partial charge in [0, 0.05) is 26.2 Å². The molecule has 0 bridgehead atoms. The Kier molecular flexibility index (Phi) is 5.52. The molecule has 0 aliphatic carbocycles. The Morgan fingerprint density at radius 2 is 1.72 bits per heavy atom. The largest absolute Gasteiger partial charge is 0.335 e. The number of carbonyl (C=O) groups is 1. The van der Waals surface area contributed by atoms with E-state index in [-0.39, 0.29) is 11.9 Å². The lowest BCUT2D eigenvalue weighted by Gasteiger charge is -2.36. The molecule has 5 heteroatoms. The Morgan fingerprint density at radius 1 is 1.08 bits per heavy atom. The predicted molar refractivity (Wildman–Crippen MR) is 101 cm³/mol. The summed E-state index contributed by atoms with van der Waals surface area (Å²) >= 11 is 1.48. The first-order valence-electron chi connectivity index (χ1n) is 8.66. The molecule has 0 saturated carbocycles. The van der Waals surface area contributed by atoms with Crippen LogP contribution >= 0.6 is 11.3 Å². The zero-order chi connectivity index (χ0) is 17.8. The maximum absolute atomic E-state index is 12.4. The van der Waals surface area contributed by atoms with E-state index in [9.17, 15) is 10.1 Å². The van der Waals surface area contributed by atoms with Crippen molar-refractivity contribution in [2.24, 2.45) is 0 Å². The van der Waals surface area contributed by atoms with Gasteiger partial charge >= 0.3 is 0 Å². The molecule has 1 aromatic carbocycles. The second-order valence-corrected chi connectivity index (χ2v) is 7.61. The average Bonchev–Trinajstić information content (AvgIpc) is 3.17. The molecule has 4 nitrogen and oxygen atoms in total. The van der Waals surface area contributed by atoms with Crippen molar-refractivity contribution in [2.45, 2.75) is 25.8 Å². The van der Waals surface area contributed by atoms with Gasteiger partial charge < -0.3 is 4.90 Å². The van der Waals surface area contributed by atoms with Gasteiger partial charge in [0.25, 0.3) is 5.91 Å². The summed E-state index contributed by atoms with van der Waals surface area (Å²) in [7, 11) is 0. The van der Waals surface area contributed by atoms with Crippen LogP contribution in [0.15, 0.2) is 41.8 Å². The third kappa shape index (κ3) is 3.92. The Bertz CT molecular complexity index is 738. The summed E-state index contributed by atoms with van der Waals surface area (Å²) in [5.74, 6) is 0.589. The lowest BCUT2D eigenvalue weighted by molar-refractivity contribution is 0.0611. The van der Waals surface area contributed by atoms with E-state index in [1.165, 1.54) is 16.9 Å². The summed E-state index contributed by atoms with van der Waals surface area (Å²) in [6.45, 7) is 7.11. The van der Waals surface area contributed by atoms with Crippen molar-refractivity contribution in [1.29, 1.82) is 5.26 Å². The van der Waals surface area contributed by atoms with Crippen LogP contribution in [0.5, 0.6) is 0 Å². The van der Waals surface area contributed by atoms with Crippen molar-refractivity contribution >= 4 is 17.2 Å². The monoisotopic (exact) mass is 353 g/mol. The fourth-order valence-electron chi connectivity index (χ4n) is 3.17. The van der Waals surface area contributed by atoms with E-state index >= 15 is 0 Å². The minimum absolute atomic E-state index is 0.101. The Labute approximate surface area is 153 Å². The van der Waals surface area contributed by atoms with Crippen LogP contribution in [-0.4, -0.2) is 41.9 Å². The average molecular weight is 353 g/mol. The highest BCUT2D eigenvalue weighted by Gasteiger charge is 2.27. The third-order valence-electron chi connectivity index (χ3n) is 4.74. The van der Waals surface area contributed by atoms with Gasteiger partial charge in [0.05, 0.1) is 10.9 Å². The number of rotatable bonds is 4. The minimum atomic E-state index is -0.250. The summed E-state index contributed by atoms with van der Waals surface area (Å²) in [5.41, 5.74) is 2.32. The van der Waals surface area contributed by atoms with E-state index in [0.29, 0.717) is 19.0 Å². The van der Waals surface area contributed by atoms with Crippen molar-refractivity contribution in [1.82, 2.24) is 9.80 Å². The second-order valence-electron chi connectivity index (χ2n) is 6.66. The van der Waals surface area contributed by atoms with Gasteiger partial charge in [0.1, 0.15) is 6.04 Å². The van der Waals surface area contributed by atoms with Crippen molar-refractivity contribution in [3.63, 3.8) is 0 Å². The number of nitrogens with zero attached hydrogens (tertiary/aromatic N) is 3. The Balaban J connectivity index is 1.64. The second kappa shape index (κ2) is 7.81. The molecule has 1 aliphatic heterocycles. The number of nitriles is 1. The van der Waals surface area contributed by atoms with E-state index in [1.54, 1.807) is 0 Å². The van der Waals surface area contributed by atoms with Crippen molar-refractivity contribution in [2.75, 3.05) is 26.2 Å². The molecule has 130 valence electrons. The maximum Gasteiger partial charge on any atom is 0.264 e. The van der Waals surface area contributed by atoms with E-state index < -0.39 is 0 Å². The van der Waals surface area contributed by atoms with Crippen LogP contribution in [0, 0.1) is 11.3 Å². The Morgan fingerprint density at radius 3 is 2.24 bits per heavy atom. The minimum Gasteiger partial charge on any atom is -0.335 e. The number of piperazine rings is 1. The summed E-state index contributed by atoms with van der Waals surface area (Å²) in [6, 6.07) is 14.3. The van der Waals surface area contributed by atoms with E-state index in [0.717, 1.165) is 23.5 Å². The number of amides is 1. The summed E-state index contributed by atoms with van der Waals surface area (Å²) in [4.78, 5) is 17.3. The number of hydrogen-bond acceptors (Lipinski definition) is 4. The molecule has 2 aromatic rings. The van der Waals surface area contributed by atoms with Crippen LogP contribution in [0.2, 0.25) is 0 Å². The van der Waals surface area contributed by atoms with Gasteiger partial charge in [0.2, 0.25) is 0 Å². The fourth-order valence-corrected chi connectivity index (χ4v) is 3.86. The molecule has 1 aliphatic rings. The van der Waals surface area contributed by atoms with E-state index in [1.807, 2.05) is 22.4 Å². The SMILES string of the molecule is CC(C)c1ccc(C(C#N)N2CCN(C(=O)c3cccs3)CC2)cc1. The van der Waals surface area contributed by atoms with Gasteiger partial charge in [-0.05, 0) is 28.5 Å². The molecule has 0 spiro atoms. The van der Waals surface area contributed by atoms with Gasteiger partial charge in [-0.25, -0.2) is 0 Å². The Hall–Kier alpha value is -2.16. The zero-order valence-electron chi connectivity index (χ0n) is 14.7. The quantitative estimate of drug-likeness (QED) is 0.838. The van der Waals surface area contributed by atoms with Crippen LogP contribution in [0.4, 0.5) is 0 Å². The molecule has 1 aromatic heterocycles. The van der Waals surface area contributed by atoms with Gasteiger partial charge in [-0.2, -0.15) is 5.26 Å². The highest BCUT2D eigenvalue weighted by Crippen LogP contribution is 2.24. The van der Waals surface area contributed by atoms with Gasteiger partial charge in [-0.1, -0.05) is 44.2 Å². The first-order valence-corrected chi connectivity index (χ1v) is 9.54. The molecule has 1 atom stereocenters. The molecule has 2 heterocycles. The highest BCUT2D eigenvalue weighted by molar-refractivity contribution is 7.12. The first-order chi connectivity index (χ1) is 12.1. The molecule has 1 fully saturated rings.